The number of hydrogen-bond donors (Lipinski definition) is 8. The number of aliphatic hydroxyl groups excluding tert-OH is 6. The highest BCUT2D eigenvalue weighted by Crippen LogP contribution is 2.42. The summed E-state index contributed by atoms with van der Waals surface area (Å²) in [6, 6.07) is 0. The molecule has 16 heavy (non-hydrogen) atoms. The second-order valence-corrected chi connectivity index (χ2v) is 4.93. The van der Waals surface area contributed by atoms with Gasteiger partial charge >= 0.3 is 7.60 Å². The fraction of sp³-hybridized carbons (Fsp3) is 1.00. The van der Waals surface area contributed by atoms with E-state index in [1.165, 1.54) is 0 Å². The highest BCUT2D eigenvalue weighted by Gasteiger charge is 2.41. The molecule has 0 amide bonds. The number of rotatable bonds is 6. The third-order valence-electron chi connectivity index (χ3n) is 1.93. The summed E-state index contributed by atoms with van der Waals surface area (Å²) in [6.07, 6.45) is -8.45. The summed E-state index contributed by atoms with van der Waals surface area (Å²) in [5, 5.41) is 53.5. The Morgan fingerprint density at radius 3 is 1.62 bits per heavy atom. The van der Waals surface area contributed by atoms with Gasteiger partial charge in [-0.1, -0.05) is 0 Å². The first kappa shape index (κ1) is 15.9. The van der Waals surface area contributed by atoms with Crippen LogP contribution in [0.3, 0.4) is 0 Å². The lowest BCUT2D eigenvalue weighted by molar-refractivity contribution is -0.131. The van der Waals surface area contributed by atoms with Crippen molar-refractivity contribution in [3.8, 4) is 0 Å². The minimum atomic E-state index is -5.05. The molecular formula is C6H15O9P. The Morgan fingerprint density at radius 2 is 1.31 bits per heavy atom. The Hall–Kier alpha value is -0.0900. The quantitative estimate of drug-likeness (QED) is 0.221. The van der Waals surface area contributed by atoms with Crippen LogP contribution in [0.1, 0.15) is 0 Å². The molecule has 0 radical (unpaired) electrons. The lowest BCUT2D eigenvalue weighted by atomic mass is 10.0. The number of hydrogen-bond acceptors (Lipinski definition) is 7. The molecule has 10 heteroatoms. The van der Waals surface area contributed by atoms with Gasteiger partial charge in [0.15, 0.2) is 5.85 Å². The third-order valence-corrected chi connectivity index (χ3v) is 2.93. The molecule has 9 nitrogen and oxygen atoms in total. The second kappa shape index (κ2) is 6.01. The van der Waals surface area contributed by atoms with Gasteiger partial charge in [-0.15, -0.1) is 0 Å². The van der Waals surface area contributed by atoms with Gasteiger partial charge in [0, 0.05) is 0 Å². The van der Waals surface area contributed by atoms with Crippen molar-refractivity contribution in [3.63, 3.8) is 0 Å². The molecule has 0 fully saturated rings. The lowest BCUT2D eigenvalue weighted by Gasteiger charge is -2.28. The molecule has 0 bridgehead atoms. The molecule has 0 heterocycles. The van der Waals surface area contributed by atoms with E-state index < -0.39 is 44.5 Å². The van der Waals surface area contributed by atoms with Gasteiger partial charge in [0.1, 0.15) is 24.4 Å². The summed E-state index contributed by atoms with van der Waals surface area (Å²) in [6.45, 7) is -0.934. The van der Waals surface area contributed by atoms with Crippen LogP contribution in [-0.2, 0) is 4.57 Å². The van der Waals surface area contributed by atoms with Crippen molar-refractivity contribution in [2.45, 2.75) is 30.3 Å². The van der Waals surface area contributed by atoms with Gasteiger partial charge in [0.25, 0.3) is 0 Å². The Labute approximate surface area is 90.4 Å². The lowest BCUT2D eigenvalue weighted by Crippen LogP contribution is -2.49. The first-order valence-corrected chi connectivity index (χ1v) is 5.87. The van der Waals surface area contributed by atoms with Gasteiger partial charge in [0.2, 0.25) is 0 Å². The Balaban J connectivity index is 4.61. The zero-order valence-electron chi connectivity index (χ0n) is 8.03. The highest BCUT2D eigenvalue weighted by atomic mass is 31.2. The van der Waals surface area contributed by atoms with E-state index >= 15 is 0 Å². The van der Waals surface area contributed by atoms with Gasteiger partial charge in [0.05, 0.1) is 6.61 Å². The summed E-state index contributed by atoms with van der Waals surface area (Å²) in [5.74, 6) is -2.59. The van der Waals surface area contributed by atoms with Crippen LogP contribution in [-0.4, -0.2) is 77.3 Å². The smallest absolute Gasteiger partial charge is 0.356 e. The average molecular weight is 262 g/mol. The predicted octanol–water partition coefficient (Wildman–Crippen LogP) is -4.08. The molecule has 0 aromatic heterocycles. The molecule has 0 aromatic carbocycles. The molecule has 1 unspecified atom stereocenters. The topological polar surface area (TPSA) is 179 Å². The van der Waals surface area contributed by atoms with Crippen LogP contribution in [0.15, 0.2) is 0 Å². The summed E-state index contributed by atoms with van der Waals surface area (Å²) in [5.41, 5.74) is 0. The Bertz CT molecular complexity index is 252. The molecule has 0 saturated carbocycles. The van der Waals surface area contributed by atoms with Crippen molar-refractivity contribution in [1.82, 2.24) is 0 Å². The maximum Gasteiger partial charge on any atom is 0.356 e. The van der Waals surface area contributed by atoms with Crippen molar-refractivity contribution >= 4 is 7.60 Å². The first-order valence-electron chi connectivity index (χ1n) is 4.19. The van der Waals surface area contributed by atoms with Gasteiger partial charge < -0.3 is 40.4 Å². The van der Waals surface area contributed by atoms with E-state index in [9.17, 15) is 4.57 Å². The van der Waals surface area contributed by atoms with Crippen LogP contribution >= 0.6 is 7.60 Å². The van der Waals surface area contributed by atoms with Crippen molar-refractivity contribution in [2.24, 2.45) is 0 Å². The van der Waals surface area contributed by atoms with Crippen molar-refractivity contribution in [3.05, 3.63) is 0 Å². The minimum Gasteiger partial charge on any atom is -0.394 e. The molecule has 0 saturated heterocycles. The highest BCUT2D eigenvalue weighted by molar-refractivity contribution is 7.52. The largest absolute Gasteiger partial charge is 0.394 e. The van der Waals surface area contributed by atoms with Crippen LogP contribution in [0, 0.1) is 0 Å². The zero-order valence-corrected chi connectivity index (χ0v) is 8.92. The van der Waals surface area contributed by atoms with E-state index in [4.69, 9.17) is 40.4 Å². The zero-order chi connectivity index (χ0) is 13.1. The standard InChI is InChI=1S/C6H15O9P/c7-1-2(8)3(9)4(10)5(11)6(12)16(13,14)15/h2-12H,1H2,(H2,13,14,15)/t2-,3+,4-,5-,6?/m0/s1. The molecule has 0 aromatic rings. The molecule has 0 spiro atoms. The summed E-state index contributed by atoms with van der Waals surface area (Å²) >= 11 is 0. The van der Waals surface area contributed by atoms with E-state index in [0.717, 1.165) is 0 Å². The molecule has 8 N–H and O–H groups in total. The van der Waals surface area contributed by atoms with Crippen LogP contribution in [0.2, 0.25) is 0 Å². The van der Waals surface area contributed by atoms with Gasteiger partial charge in [-0.05, 0) is 0 Å². The van der Waals surface area contributed by atoms with Crippen LogP contribution in [0.4, 0.5) is 0 Å². The van der Waals surface area contributed by atoms with E-state index in [1.807, 2.05) is 0 Å². The molecule has 98 valence electrons. The minimum absolute atomic E-state index is 0.934. The maximum atomic E-state index is 10.5. The summed E-state index contributed by atoms with van der Waals surface area (Å²) < 4.78 is 10.5. The molecule has 0 rings (SSSR count). The predicted molar refractivity (Wildman–Crippen MR) is 49.2 cm³/mol. The van der Waals surface area contributed by atoms with Gasteiger partial charge in [-0.25, -0.2) is 0 Å². The maximum absolute atomic E-state index is 10.5. The normalized spacial score (nSPS) is 22.2. The van der Waals surface area contributed by atoms with Crippen LogP contribution in [0.5, 0.6) is 0 Å². The molecule has 0 aliphatic rings. The monoisotopic (exact) mass is 262 g/mol. The summed E-state index contributed by atoms with van der Waals surface area (Å²) in [4.78, 5) is 17.0. The van der Waals surface area contributed by atoms with Gasteiger partial charge in [-0.3, -0.25) is 4.57 Å². The average Bonchev–Trinajstić information content (AvgIpc) is 2.22. The van der Waals surface area contributed by atoms with Crippen LogP contribution < -0.4 is 0 Å². The van der Waals surface area contributed by atoms with E-state index in [2.05, 4.69) is 0 Å². The Morgan fingerprint density at radius 1 is 0.875 bits per heavy atom. The fourth-order valence-corrected chi connectivity index (χ4v) is 1.49. The number of aliphatic hydroxyl groups is 6. The van der Waals surface area contributed by atoms with E-state index in [-0.39, 0.29) is 0 Å². The van der Waals surface area contributed by atoms with Gasteiger partial charge in [-0.2, -0.15) is 0 Å². The third kappa shape index (κ3) is 4.06. The van der Waals surface area contributed by atoms with Crippen LogP contribution in [0.25, 0.3) is 0 Å². The fourth-order valence-electron chi connectivity index (χ4n) is 0.913. The molecule has 0 aliphatic carbocycles. The van der Waals surface area contributed by atoms with Crippen molar-refractivity contribution in [2.75, 3.05) is 6.61 Å². The van der Waals surface area contributed by atoms with E-state index in [1.54, 1.807) is 0 Å². The molecule has 0 aliphatic heterocycles. The second-order valence-electron chi connectivity index (χ2n) is 3.22. The van der Waals surface area contributed by atoms with E-state index in [0.29, 0.717) is 0 Å². The SMILES string of the molecule is O=P(O)(O)C(O)[C@@H](O)[C@@H](O)[C@H](O)[C@@H](O)CO. The summed E-state index contributed by atoms with van der Waals surface area (Å²) in [7, 11) is -5.05. The first-order chi connectivity index (χ1) is 7.12. The molecular weight excluding hydrogens is 247 g/mol. The Kier molecular flexibility index (Phi) is 5.98. The van der Waals surface area contributed by atoms with Crippen molar-refractivity contribution in [1.29, 1.82) is 0 Å². The molecule has 5 atom stereocenters. The van der Waals surface area contributed by atoms with Crippen molar-refractivity contribution < 1.29 is 45.0 Å².